The highest BCUT2D eigenvalue weighted by atomic mass is 19.1. The molecule has 0 spiro atoms. The van der Waals surface area contributed by atoms with E-state index in [0.717, 1.165) is 0 Å². The van der Waals surface area contributed by atoms with Crippen LogP contribution >= 0.6 is 0 Å². The highest BCUT2D eigenvalue weighted by Crippen LogP contribution is 2.19. The Morgan fingerprint density at radius 1 is 1.43 bits per heavy atom. The Bertz CT molecular complexity index is 652. The number of carbonyl (C=O) groups excluding carboxylic acids is 1. The fourth-order valence-electron chi connectivity index (χ4n) is 1.83. The number of anilines is 1. The lowest BCUT2D eigenvalue weighted by Gasteiger charge is -2.06. The first-order valence-corrected chi connectivity index (χ1v) is 6.82. The van der Waals surface area contributed by atoms with Gasteiger partial charge in [-0.3, -0.25) is 9.48 Å². The zero-order chi connectivity index (χ0) is 15.4. The number of halogens is 1. The zero-order valence-electron chi connectivity index (χ0n) is 12.3. The van der Waals surface area contributed by atoms with Crippen LogP contribution in [-0.4, -0.2) is 22.3 Å². The molecular weight excluding hydrogens is 273 g/mol. The van der Waals surface area contributed by atoms with Gasteiger partial charge in [0.2, 0.25) is 5.88 Å². The van der Waals surface area contributed by atoms with Gasteiger partial charge in [0.25, 0.3) is 5.91 Å². The smallest absolute Gasteiger partial charge is 0.262 e. The molecule has 0 unspecified atom stereocenters. The number of rotatable bonds is 5. The van der Waals surface area contributed by atoms with Gasteiger partial charge in [-0.1, -0.05) is 6.07 Å². The summed E-state index contributed by atoms with van der Waals surface area (Å²) in [6, 6.07) is 4.56. The van der Waals surface area contributed by atoms with Gasteiger partial charge in [-0.25, -0.2) is 4.39 Å². The van der Waals surface area contributed by atoms with Crippen LogP contribution in [0.1, 0.15) is 29.8 Å². The summed E-state index contributed by atoms with van der Waals surface area (Å²) >= 11 is 0. The van der Waals surface area contributed by atoms with E-state index >= 15 is 0 Å². The molecule has 21 heavy (non-hydrogen) atoms. The summed E-state index contributed by atoms with van der Waals surface area (Å²) in [4.78, 5) is 12.3. The SMILES string of the molecule is CCOc1nn(CC)cc1C(=O)Nc1ccc(C)c(F)c1. The van der Waals surface area contributed by atoms with E-state index in [1.807, 2.05) is 13.8 Å². The van der Waals surface area contributed by atoms with Crippen LogP contribution in [-0.2, 0) is 6.54 Å². The summed E-state index contributed by atoms with van der Waals surface area (Å²) in [7, 11) is 0. The largest absolute Gasteiger partial charge is 0.476 e. The summed E-state index contributed by atoms with van der Waals surface area (Å²) in [6.07, 6.45) is 1.62. The van der Waals surface area contributed by atoms with Crippen molar-refractivity contribution in [2.75, 3.05) is 11.9 Å². The highest BCUT2D eigenvalue weighted by Gasteiger charge is 2.17. The summed E-state index contributed by atoms with van der Waals surface area (Å²) in [5.41, 5.74) is 1.26. The number of hydrogen-bond donors (Lipinski definition) is 1. The molecule has 0 radical (unpaired) electrons. The van der Waals surface area contributed by atoms with Gasteiger partial charge in [0.15, 0.2) is 0 Å². The number of amides is 1. The van der Waals surface area contributed by atoms with Crippen LogP contribution in [0.25, 0.3) is 0 Å². The van der Waals surface area contributed by atoms with E-state index in [1.165, 1.54) is 6.07 Å². The van der Waals surface area contributed by atoms with E-state index < -0.39 is 0 Å². The molecular formula is C15H18FN3O2. The minimum atomic E-state index is -0.374. The van der Waals surface area contributed by atoms with Crippen molar-refractivity contribution >= 4 is 11.6 Å². The maximum absolute atomic E-state index is 13.5. The lowest BCUT2D eigenvalue weighted by atomic mass is 10.2. The monoisotopic (exact) mass is 291 g/mol. The Labute approximate surface area is 122 Å². The second kappa shape index (κ2) is 6.39. The summed E-state index contributed by atoms with van der Waals surface area (Å²) in [6.45, 7) is 6.45. The number of benzene rings is 1. The molecule has 2 aromatic rings. The molecule has 0 fully saturated rings. The normalized spacial score (nSPS) is 10.5. The predicted octanol–water partition coefficient (Wildman–Crippen LogP) is 3.00. The van der Waals surface area contributed by atoms with Crippen LogP contribution < -0.4 is 10.1 Å². The molecule has 0 aliphatic carbocycles. The molecule has 0 bridgehead atoms. The van der Waals surface area contributed by atoms with Crippen molar-refractivity contribution < 1.29 is 13.9 Å². The molecule has 0 aliphatic heterocycles. The lowest BCUT2D eigenvalue weighted by Crippen LogP contribution is -2.13. The number of ether oxygens (including phenoxy) is 1. The van der Waals surface area contributed by atoms with E-state index in [2.05, 4.69) is 10.4 Å². The average Bonchev–Trinajstić information content (AvgIpc) is 2.87. The molecule has 0 saturated heterocycles. The second-order valence-corrected chi connectivity index (χ2v) is 4.55. The molecule has 2 rings (SSSR count). The first-order valence-electron chi connectivity index (χ1n) is 6.82. The number of nitrogens with one attached hydrogen (secondary N) is 1. The number of nitrogens with zero attached hydrogens (tertiary/aromatic N) is 2. The maximum atomic E-state index is 13.5. The van der Waals surface area contributed by atoms with Crippen molar-refractivity contribution in [3.63, 3.8) is 0 Å². The third-order valence-electron chi connectivity index (χ3n) is 3.01. The number of aryl methyl sites for hydroxylation is 2. The van der Waals surface area contributed by atoms with Gasteiger partial charge in [-0.05, 0) is 38.5 Å². The van der Waals surface area contributed by atoms with Crippen molar-refractivity contribution in [2.45, 2.75) is 27.3 Å². The van der Waals surface area contributed by atoms with Crippen LogP contribution in [0.5, 0.6) is 5.88 Å². The van der Waals surface area contributed by atoms with Gasteiger partial charge in [0.1, 0.15) is 11.4 Å². The average molecular weight is 291 g/mol. The maximum Gasteiger partial charge on any atom is 0.262 e. The van der Waals surface area contributed by atoms with E-state index in [4.69, 9.17) is 4.74 Å². The topological polar surface area (TPSA) is 56.2 Å². The van der Waals surface area contributed by atoms with Gasteiger partial charge >= 0.3 is 0 Å². The molecule has 0 aliphatic rings. The molecule has 1 aromatic heterocycles. The Hall–Kier alpha value is -2.37. The Balaban J connectivity index is 2.22. The van der Waals surface area contributed by atoms with Crippen molar-refractivity contribution in [1.29, 1.82) is 0 Å². The van der Waals surface area contributed by atoms with Gasteiger partial charge in [0.05, 0.1) is 6.61 Å². The van der Waals surface area contributed by atoms with E-state index in [-0.39, 0.29) is 17.6 Å². The third kappa shape index (κ3) is 3.39. The standard InChI is InChI=1S/C15H18FN3O2/c1-4-19-9-12(15(18-19)21-5-2)14(20)17-11-7-6-10(3)13(16)8-11/h6-9H,4-5H2,1-3H3,(H,17,20). The van der Waals surface area contributed by atoms with Crippen LogP contribution in [0.3, 0.4) is 0 Å². The summed E-state index contributed by atoms with van der Waals surface area (Å²) in [5, 5.41) is 6.82. The van der Waals surface area contributed by atoms with Crippen molar-refractivity contribution in [3.05, 3.63) is 41.3 Å². The second-order valence-electron chi connectivity index (χ2n) is 4.55. The number of carbonyl (C=O) groups is 1. The van der Waals surface area contributed by atoms with E-state index in [1.54, 1.807) is 29.9 Å². The van der Waals surface area contributed by atoms with E-state index in [9.17, 15) is 9.18 Å². The Morgan fingerprint density at radius 2 is 2.19 bits per heavy atom. The molecule has 1 amide bonds. The van der Waals surface area contributed by atoms with Crippen molar-refractivity contribution in [3.8, 4) is 5.88 Å². The molecule has 1 N–H and O–H groups in total. The molecule has 5 nitrogen and oxygen atoms in total. The molecule has 1 heterocycles. The Kier molecular flexibility index (Phi) is 4.57. The van der Waals surface area contributed by atoms with E-state index in [0.29, 0.717) is 30.0 Å². The summed E-state index contributed by atoms with van der Waals surface area (Å²) < 4.78 is 20.5. The third-order valence-corrected chi connectivity index (χ3v) is 3.01. The van der Waals surface area contributed by atoms with Crippen LogP contribution in [0, 0.1) is 12.7 Å². The summed E-state index contributed by atoms with van der Waals surface area (Å²) in [5.74, 6) is -0.451. The van der Waals surface area contributed by atoms with Crippen molar-refractivity contribution in [1.82, 2.24) is 9.78 Å². The minimum Gasteiger partial charge on any atom is -0.476 e. The van der Waals surface area contributed by atoms with Crippen LogP contribution in [0.15, 0.2) is 24.4 Å². The minimum absolute atomic E-state index is 0.282. The molecule has 0 saturated carbocycles. The molecule has 0 atom stereocenters. The number of hydrogen-bond acceptors (Lipinski definition) is 3. The van der Waals surface area contributed by atoms with Gasteiger partial charge in [-0.2, -0.15) is 0 Å². The molecule has 6 heteroatoms. The van der Waals surface area contributed by atoms with Crippen LogP contribution in [0.2, 0.25) is 0 Å². The quantitative estimate of drug-likeness (QED) is 0.921. The Morgan fingerprint density at radius 3 is 2.81 bits per heavy atom. The number of aromatic nitrogens is 2. The van der Waals surface area contributed by atoms with Gasteiger partial charge in [-0.15, -0.1) is 5.10 Å². The lowest BCUT2D eigenvalue weighted by molar-refractivity contribution is 0.102. The zero-order valence-corrected chi connectivity index (χ0v) is 12.3. The predicted molar refractivity (Wildman–Crippen MR) is 78.2 cm³/mol. The van der Waals surface area contributed by atoms with Crippen molar-refractivity contribution in [2.24, 2.45) is 0 Å². The molecule has 112 valence electrons. The fourth-order valence-corrected chi connectivity index (χ4v) is 1.83. The highest BCUT2D eigenvalue weighted by molar-refractivity contribution is 6.05. The van der Waals surface area contributed by atoms with Gasteiger partial charge < -0.3 is 10.1 Å². The van der Waals surface area contributed by atoms with Crippen LogP contribution in [0.4, 0.5) is 10.1 Å². The molecule has 1 aromatic carbocycles. The van der Waals surface area contributed by atoms with Gasteiger partial charge in [0, 0.05) is 18.4 Å². The first kappa shape index (κ1) is 15.0. The fraction of sp³-hybridized carbons (Fsp3) is 0.333. The first-order chi connectivity index (χ1) is 10.0.